The van der Waals surface area contributed by atoms with Crippen LogP contribution < -0.4 is 16.4 Å². The number of carbonyl (C=O) groups excluding carboxylic acids is 2. The SMILES string of the molecule is CCN(CC)Cc1ccccc1NC(=O)CNC(=O)CN. The van der Waals surface area contributed by atoms with E-state index < -0.39 is 0 Å². The van der Waals surface area contributed by atoms with Crippen LogP contribution in [0.4, 0.5) is 5.69 Å². The van der Waals surface area contributed by atoms with Gasteiger partial charge in [0, 0.05) is 12.2 Å². The number of rotatable bonds is 8. The zero-order valence-electron chi connectivity index (χ0n) is 12.7. The molecule has 116 valence electrons. The third-order valence-corrected chi connectivity index (χ3v) is 3.21. The Morgan fingerprint density at radius 1 is 1.14 bits per heavy atom. The lowest BCUT2D eigenvalue weighted by Crippen LogP contribution is -2.36. The van der Waals surface area contributed by atoms with E-state index in [0.29, 0.717) is 0 Å². The molecule has 0 unspecified atom stereocenters. The van der Waals surface area contributed by atoms with Gasteiger partial charge >= 0.3 is 0 Å². The second-order valence-electron chi connectivity index (χ2n) is 4.65. The first-order chi connectivity index (χ1) is 10.1. The normalized spacial score (nSPS) is 10.5. The largest absolute Gasteiger partial charge is 0.346 e. The van der Waals surface area contributed by atoms with Gasteiger partial charge in [-0.15, -0.1) is 0 Å². The number of hydrogen-bond donors (Lipinski definition) is 3. The minimum atomic E-state index is -0.346. The molecular weight excluding hydrogens is 268 g/mol. The van der Waals surface area contributed by atoms with Gasteiger partial charge < -0.3 is 16.4 Å². The van der Waals surface area contributed by atoms with E-state index in [0.717, 1.165) is 30.9 Å². The molecule has 2 amide bonds. The van der Waals surface area contributed by atoms with Crippen molar-refractivity contribution < 1.29 is 9.59 Å². The van der Waals surface area contributed by atoms with Crippen molar-refractivity contribution in [3.63, 3.8) is 0 Å². The molecule has 0 heterocycles. The Morgan fingerprint density at radius 3 is 2.43 bits per heavy atom. The Hall–Kier alpha value is -1.92. The first kappa shape index (κ1) is 17.1. The van der Waals surface area contributed by atoms with E-state index in [4.69, 9.17) is 5.73 Å². The number of amides is 2. The summed E-state index contributed by atoms with van der Waals surface area (Å²) in [4.78, 5) is 25.1. The monoisotopic (exact) mass is 292 g/mol. The highest BCUT2D eigenvalue weighted by Crippen LogP contribution is 2.17. The van der Waals surface area contributed by atoms with Gasteiger partial charge in [0.15, 0.2) is 0 Å². The highest BCUT2D eigenvalue weighted by atomic mass is 16.2. The van der Waals surface area contributed by atoms with Crippen LogP contribution in [0.25, 0.3) is 0 Å². The molecule has 0 spiro atoms. The smallest absolute Gasteiger partial charge is 0.243 e. The molecule has 6 nitrogen and oxygen atoms in total. The predicted molar refractivity (Wildman–Crippen MR) is 83.8 cm³/mol. The van der Waals surface area contributed by atoms with Crippen molar-refractivity contribution in [3.8, 4) is 0 Å². The Labute approximate surface area is 125 Å². The summed E-state index contributed by atoms with van der Waals surface area (Å²) in [5, 5.41) is 5.27. The highest BCUT2D eigenvalue weighted by Gasteiger charge is 2.09. The number of anilines is 1. The molecule has 0 aliphatic heterocycles. The van der Waals surface area contributed by atoms with Crippen molar-refractivity contribution in [1.82, 2.24) is 10.2 Å². The fourth-order valence-electron chi connectivity index (χ4n) is 1.91. The summed E-state index contributed by atoms with van der Waals surface area (Å²) in [5.74, 6) is -0.606. The molecule has 0 radical (unpaired) electrons. The summed E-state index contributed by atoms with van der Waals surface area (Å²) >= 11 is 0. The van der Waals surface area contributed by atoms with Gasteiger partial charge in [0.25, 0.3) is 0 Å². The predicted octanol–water partition coefficient (Wildman–Crippen LogP) is 0.542. The standard InChI is InChI=1S/C15H24N4O2/c1-3-19(4-2)11-12-7-5-6-8-13(12)18-15(21)10-17-14(20)9-16/h5-8H,3-4,9-11,16H2,1-2H3,(H,17,20)(H,18,21). The van der Waals surface area contributed by atoms with Gasteiger partial charge in [-0.3, -0.25) is 14.5 Å². The molecular formula is C15H24N4O2. The summed E-state index contributed by atoms with van der Waals surface area (Å²) in [6.45, 7) is 6.69. The number of nitrogens with one attached hydrogen (secondary N) is 2. The number of nitrogens with two attached hydrogens (primary N) is 1. The molecule has 1 aromatic rings. The zero-order chi connectivity index (χ0) is 15.7. The molecule has 1 rings (SSSR count). The maximum Gasteiger partial charge on any atom is 0.243 e. The summed E-state index contributed by atoms with van der Waals surface area (Å²) in [6.07, 6.45) is 0. The molecule has 6 heteroatoms. The van der Waals surface area contributed by atoms with Crippen LogP contribution in [0.15, 0.2) is 24.3 Å². The van der Waals surface area contributed by atoms with Crippen LogP contribution in [0.3, 0.4) is 0 Å². The van der Waals surface area contributed by atoms with Crippen molar-refractivity contribution in [3.05, 3.63) is 29.8 Å². The third kappa shape index (κ3) is 5.93. The third-order valence-electron chi connectivity index (χ3n) is 3.21. The number of carbonyl (C=O) groups is 2. The van der Waals surface area contributed by atoms with Crippen molar-refractivity contribution in [2.75, 3.05) is 31.5 Å². The van der Waals surface area contributed by atoms with E-state index in [-0.39, 0.29) is 24.9 Å². The molecule has 0 saturated carbocycles. The molecule has 0 aliphatic rings. The molecule has 0 aromatic heterocycles. The van der Waals surface area contributed by atoms with Crippen LogP contribution in [0.2, 0.25) is 0 Å². The Kier molecular flexibility index (Phi) is 7.42. The van der Waals surface area contributed by atoms with Crippen LogP contribution in [0.1, 0.15) is 19.4 Å². The lowest BCUT2D eigenvalue weighted by molar-refractivity contribution is -0.123. The van der Waals surface area contributed by atoms with Crippen LogP contribution in [-0.4, -0.2) is 42.9 Å². The average molecular weight is 292 g/mol. The summed E-state index contributed by atoms with van der Waals surface area (Å²) < 4.78 is 0. The number of nitrogens with zero attached hydrogens (tertiary/aromatic N) is 1. The van der Waals surface area contributed by atoms with Crippen molar-refractivity contribution in [2.45, 2.75) is 20.4 Å². The van der Waals surface area contributed by atoms with E-state index in [1.165, 1.54) is 0 Å². The van der Waals surface area contributed by atoms with Crippen molar-refractivity contribution in [2.24, 2.45) is 5.73 Å². The fourth-order valence-corrected chi connectivity index (χ4v) is 1.91. The summed E-state index contributed by atoms with van der Waals surface area (Å²) in [6, 6.07) is 7.68. The maximum atomic E-state index is 11.8. The van der Waals surface area contributed by atoms with E-state index in [9.17, 15) is 9.59 Å². The first-order valence-corrected chi connectivity index (χ1v) is 7.17. The van der Waals surface area contributed by atoms with Crippen molar-refractivity contribution in [1.29, 1.82) is 0 Å². The van der Waals surface area contributed by atoms with Gasteiger partial charge in [-0.1, -0.05) is 32.0 Å². The Morgan fingerprint density at radius 2 is 1.81 bits per heavy atom. The van der Waals surface area contributed by atoms with Gasteiger partial charge in [0.05, 0.1) is 13.1 Å². The van der Waals surface area contributed by atoms with E-state index in [2.05, 4.69) is 29.4 Å². The van der Waals surface area contributed by atoms with E-state index >= 15 is 0 Å². The molecule has 0 fully saturated rings. The molecule has 4 N–H and O–H groups in total. The molecule has 1 aromatic carbocycles. The molecule has 0 aliphatic carbocycles. The topological polar surface area (TPSA) is 87.5 Å². The van der Waals surface area contributed by atoms with Gasteiger partial charge in [-0.2, -0.15) is 0 Å². The second kappa shape index (κ2) is 9.10. The van der Waals surface area contributed by atoms with Gasteiger partial charge in [-0.05, 0) is 24.7 Å². The molecule has 0 saturated heterocycles. The lowest BCUT2D eigenvalue weighted by atomic mass is 10.1. The van der Waals surface area contributed by atoms with Gasteiger partial charge in [-0.25, -0.2) is 0 Å². The average Bonchev–Trinajstić information content (AvgIpc) is 2.51. The quantitative estimate of drug-likeness (QED) is 0.652. The molecule has 21 heavy (non-hydrogen) atoms. The van der Waals surface area contributed by atoms with Gasteiger partial charge in [0.2, 0.25) is 11.8 Å². The van der Waals surface area contributed by atoms with Crippen LogP contribution >= 0.6 is 0 Å². The van der Waals surface area contributed by atoms with E-state index in [1.54, 1.807) is 0 Å². The second-order valence-corrected chi connectivity index (χ2v) is 4.65. The molecule has 0 atom stereocenters. The number of hydrogen-bond acceptors (Lipinski definition) is 4. The first-order valence-electron chi connectivity index (χ1n) is 7.17. The highest BCUT2D eigenvalue weighted by molar-refractivity contribution is 5.95. The number of benzene rings is 1. The van der Waals surface area contributed by atoms with Crippen LogP contribution in [-0.2, 0) is 16.1 Å². The maximum absolute atomic E-state index is 11.8. The van der Waals surface area contributed by atoms with E-state index in [1.807, 2.05) is 24.3 Å². The summed E-state index contributed by atoms with van der Waals surface area (Å²) in [5.41, 5.74) is 7.00. The molecule has 0 bridgehead atoms. The van der Waals surface area contributed by atoms with Crippen LogP contribution in [0.5, 0.6) is 0 Å². The minimum absolute atomic E-state index is 0.0738. The fraction of sp³-hybridized carbons (Fsp3) is 0.467. The Balaban J connectivity index is 2.66. The minimum Gasteiger partial charge on any atom is -0.346 e. The van der Waals surface area contributed by atoms with Crippen molar-refractivity contribution >= 4 is 17.5 Å². The lowest BCUT2D eigenvalue weighted by Gasteiger charge is -2.20. The summed E-state index contributed by atoms with van der Waals surface area (Å²) in [7, 11) is 0. The van der Waals surface area contributed by atoms with Gasteiger partial charge in [0.1, 0.15) is 0 Å². The Bertz CT molecular complexity index is 472. The van der Waals surface area contributed by atoms with Crippen LogP contribution in [0, 0.1) is 0 Å². The zero-order valence-corrected chi connectivity index (χ0v) is 12.7. The number of para-hydroxylation sites is 1.